The average molecular weight is 321 g/mol. The van der Waals surface area contributed by atoms with Crippen LogP contribution in [0.25, 0.3) is 0 Å². The molecule has 1 aliphatic carbocycles. The molecule has 0 amide bonds. The lowest BCUT2D eigenvalue weighted by molar-refractivity contribution is 0.0979. The zero-order valence-corrected chi connectivity index (χ0v) is 14.3. The minimum atomic E-state index is -0.0623. The van der Waals surface area contributed by atoms with Crippen LogP contribution in [0, 0.1) is 0 Å². The Morgan fingerprint density at radius 3 is 2.04 bits per heavy atom. The monoisotopic (exact) mass is 321 g/mol. The molecule has 3 rings (SSSR count). The Bertz CT molecular complexity index is 805. The van der Waals surface area contributed by atoms with E-state index in [9.17, 15) is 9.59 Å². The molecule has 0 aromatic heterocycles. The van der Waals surface area contributed by atoms with Crippen LogP contribution in [0.5, 0.6) is 0 Å². The van der Waals surface area contributed by atoms with E-state index in [0.29, 0.717) is 28.8 Å². The number of rotatable bonds is 5. The van der Waals surface area contributed by atoms with Gasteiger partial charge in [0.25, 0.3) is 0 Å². The van der Waals surface area contributed by atoms with Crippen molar-refractivity contribution < 1.29 is 9.59 Å². The van der Waals surface area contributed by atoms with Gasteiger partial charge in [0, 0.05) is 22.3 Å². The van der Waals surface area contributed by atoms with Gasteiger partial charge in [-0.15, -0.1) is 0 Å². The van der Waals surface area contributed by atoms with Crippen LogP contribution in [0.1, 0.15) is 70.5 Å². The highest BCUT2D eigenvalue weighted by molar-refractivity contribution is 6.28. The van der Waals surface area contributed by atoms with Gasteiger partial charge in [-0.1, -0.05) is 50.6 Å². The predicted molar refractivity (Wildman–Crippen MR) is 95.7 cm³/mol. The summed E-state index contributed by atoms with van der Waals surface area (Å²) in [5.41, 5.74) is 8.69. The maximum Gasteiger partial charge on any atom is 0.194 e. The number of hydrogen-bond acceptors (Lipinski definition) is 3. The number of carbonyl (C=O) groups is 2. The molecule has 3 nitrogen and oxygen atoms in total. The minimum Gasteiger partial charge on any atom is -0.330 e. The number of fused-ring (bicyclic) bond motifs is 2. The van der Waals surface area contributed by atoms with Crippen molar-refractivity contribution in [3.8, 4) is 0 Å². The predicted octanol–water partition coefficient (Wildman–Crippen LogP) is 3.87. The van der Waals surface area contributed by atoms with Crippen molar-refractivity contribution in [2.24, 2.45) is 5.73 Å². The van der Waals surface area contributed by atoms with Gasteiger partial charge < -0.3 is 5.73 Å². The molecule has 0 heterocycles. The Labute approximate surface area is 142 Å². The van der Waals surface area contributed by atoms with Gasteiger partial charge in [-0.05, 0) is 42.5 Å². The Balaban J connectivity index is 1.99. The van der Waals surface area contributed by atoms with Crippen LogP contribution in [0.3, 0.4) is 0 Å². The smallest absolute Gasteiger partial charge is 0.194 e. The molecule has 2 aromatic rings. The standard InChI is InChI=1S/C21H23NO2/c1-21(2,11-5-6-12-22)14-9-10-17-18(13-14)20(24)16-8-4-3-7-15(16)19(17)23/h3-4,7-10,13H,5-6,11-12,22H2,1-2H3. The normalized spacial score (nSPS) is 13.6. The van der Waals surface area contributed by atoms with E-state index in [1.807, 2.05) is 18.2 Å². The molecule has 0 aliphatic heterocycles. The third-order valence-corrected chi connectivity index (χ3v) is 4.96. The molecule has 2 N–H and O–H groups in total. The summed E-state index contributed by atoms with van der Waals surface area (Å²) in [5, 5.41) is 0. The average Bonchev–Trinajstić information content (AvgIpc) is 2.59. The topological polar surface area (TPSA) is 60.2 Å². The zero-order chi connectivity index (χ0) is 17.3. The van der Waals surface area contributed by atoms with Crippen LogP contribution >= 0.6 is 0 Å². The van der Waals surface area contributed by atoms with Crippen molar-refractivity contribution >= 4 is 11.6 Å². The largest absolute Gasteiger partial charge is 0.330 e. The second-order valence-corrected chi connectivity index (χ2v) is 7.09. The SMILES string of the molecule is CC(C)(CCCCN)c1ccc2c(c1)C(=O)c1ccccc1C2=O. The molecule has 0 saturated carbocycles. The fourth-order valence-electron chi connectivity index (χ4n) is 3.38. The fourth-order valence-corrected chi connectivity index (χ4v) is 3.38. The van der Waals surface area contributed by atoms with E-state index < -0.39 is 0 Å². The molecule has 0 saturated heterocycles. The first-order chi connectivity index (χ1) is 11.5. The highest BCUT2D eigenvalue weighted by Gasteiger charge is 2.31. The summed E-state index contributed by atoms with van der Waals surface area (Å²) in [6.07, 6.45) is 3.05. The molecule has 3 heteroatoms. The summed E-state index contributed by atoms with van der Waals surface area (Å²) < 4.78 is 0. The van der Waals surface area contributed by atoms with E-state index in [4.69, 9.17) is 5.73 Å². The van der Waals surface area contributed by atoms with Crippen molar-refractivity contribution in [2.45, 2.75) is 38.5 Å². The van der Waals surface area contributed by atoms with Gasteiger partial charge in [-0.3, -0.25) is 9.59 Å². The Morgan fingerprint density at radius 1 is 0.833 bits per heavy atom. The van der Waals surface area contributed by atoms with Crippen LogP contribution in [0.2, 0.25) is 0 Å². The molecule has 124 valence electrons. The quantitative estimate of drug-likeness (QED) is 0.726. The molecule has 24 heavy (non-hydrogen) atoms. The van der Waals surface area contributed by atoms with Gasteiger partial charge >= 0.3 is 0 Å². The van der Waals surface area contributed by atoms with Crippen LogP contribution in [-0.4, -0.2) is 18.1 Å². The number of hydrogen-bond donors (Lipinski definition) is 1. The van der Waals surface area contributed by atoms with Gasteiger partial charge in [0.2, 0.25) is 0 Å². The summed E-state index contributed by atoms with van der Waals surface area (Å²) in [4.78, 5) is 25.5. The van der Waals surface area contributed by atoms with Crippen LogP contribution < -0.4 is 5.73 Å². The summed E-state index contributed by atoms with van der Waals surface area (Å²) in [5.74, 6) is -0.118. The second kappa shape index (κ2) is 6.33. The highest BCUT2D eigenvalue weighted by Crippen LogP contribution is 2.34. The van der Waals surface area contributed by atoms with E-state index in [-0.39, 0.29) is 17.0 Å². The highest BCUT2D eigenvalue weighted by atomic mass is 16.1. The third kappa shape index (κ3) is 2.80. The molecule has 0 fully saturated rings. The summed E-state index contributed by atoms with van der Waals surface area (Å²) in [7, 11) is 0. The first-order valence-electron chi connectivity index (χ1n) is 8.49. The maximum absolute atomic E-state index is 12.8. The molecule has 1 aliphatic rings. The molecule has 0 atom stereocenters. The van der Waals surface area contributed by atoms with Crippen LogP contribution in [-0.2, 0) is 5.41 Å². The van der Waals surface area contributed by atoms with Crippen molar-refractivity contribution in [2.75, 3.05) is 6.54 Å². The summed E-state index contributed by atoms with van der Waals surface area (Å²) >= 11 is 0. The van der Waals surface area contributed by atoms with E-state index in [1.54, 1.807) is 24.3 Å². The lowest BCUT2D eigenvalue weighted by Gasteiger charge is -2.27. The minimum absolute atomic E-state index is 0.0511. The molecule has 2 aromatic carbocycles. The van der Waals surface area contributed by atoms with E-state index in [0.717, 1.165) is 24.8 Å². The first-order valence-corrected chi connectivity index (χ1v) is 8.49. The maximum atomic E-state index is 12.8. The molecular weight excluding hydrogens is 298 g/mol. The number of carbonyl (C=O) groups excluding carboxylic acids is 2. The summed E-state index contributed by atoms with van der Waals surface area (Å²) in [6, 6.07) is 12.8. The molecule has 0 unspecified atom stereocenters. The second-order valence-electron chi connectivity index (χ2n) is 7.09. The van der Waals surface area contributed by atoms with Crippen LogP contribution in [0.15, 0.2) is 42.5 Å². The first kappa shape index (κ1) is 16.6. The van der Waals surface area contributed by atoms with Crippen molar-refractivity contribution in [3.63, 3.8) is 0 Å². The van der Waals surface area contributed by atoms with Gasteiger partial charge in [0.15, 0.2) is 11.6 Å². The number of benzene rings is 2. The number of nitrogens with two attached hydrogens (primary N) is 1. The van der Waals surface area contributed by atoms with Crippen molar-refractivity contribution in [1.29, 1.82) is 0 Å². The number of ketones is 2. The Kier molecular flexibility index (Phi) is 4.37. The van der Waals surface area contributed by atoms with E-state index in [1.165, 1.54) is 0 Å². The fraction of sp³-hybridized carbons (Fsp3) is 0.333. The van der Waals surface area contributed by atoms with Gasteiger partial charge in [0.1, 0.15) is 0 Å². The van der Waals surface area contributed by atoms with E-state index in [2.05, 4.69) is 13.8 Å². The zero-order valence-electron chi connectivity index (χ0n) is 14.3. The van der Waals surface area contributed by atoms with Gasteiger partial charge in [-0.2, -0.15) is 0 Å². The molecule has 0 radical (unpaired) electrons. The molecule has 0 spiro atoms. The van der Waals surface area contributed by atoms with E-state index >= 15 is 0 Å². The van der Waals surface area contributed by atoms with Crippen LogP contribution in [0.4, 0.5) is 0 Å². The molecular formula is C21H23NO2. The van der Waals surface area contributed by atoms with Gasteiger partial charge in [0.05, 0.1) is 0 Å². The van der Waals surface area contributed by atoms with Crippen molar-refractivity contribution in [1.82, 2.24) is 0 Å². The Hall–Kier alpha value is -2.26. The molecule has 0 bridgehead atoms. The van der Waals surface area contributed by atoms with Gasteiger partial charge in [-0.25, -0.2) is 0 Å². The third-order valence-electron chi connectivity index (χ3n) is 4.96. The number of unbranched alkanes of at least 4 members (excludes halogenated alkanes) is 1. The lowest BCUT2D eigenvalue weighted by atomic mass is 9.76. The summed E-state index contributed by atoms with van der Waals surface area (Å²) in [6.45, 7) is 5.05. The lowest BCUT2D eigenvalue weighted by Crippen LogP contribution is -2.23. The Morgan fingerprint density at radius 2 is 1.42 bits per heavy atom. The van der Waals surface area contributed by atoms with Crippen molar-refractivity contribution in [3.05, 3.63) is 70.3 Å².